The molecule has 1 aromatic rings. The first-order valence-electron chi connectivity index (χ1n) is 5.74. The van der Waals surface area contributed by atoms with Crippen LogP contribution in [-0.4, -0.2) is 49.5 Å². The molecule has 1 heterocycles. The summed E-state index contributed by atoms with van der Waals surface area (Å²) < 4.78 is 27.4. The molecule has 1 atom stereocenters. The Labute approximate surface area is 133 Å². The Balaban J connectivity index is 2.45. The van der Waals surface area contributed by atoms with Crippen molar-refractivity contribution in [2.45, 2.75) is 10.9 Å². The molecule has 6 nitrogen and oxygen atoms in total. The van der Waals surface area contributed by atoms with Crippen LogP contribution in [0.3, 0.4) is 0 Å². The summed E-state index contributed by atoms with van der Waals surface area (Å²) in [5.41, 5.74) is 0. The van der Waals surface area contributed by atoms with Gasteiger partial charge in [0.2, 0.25) is 10.0 Å². The van der Waals surface area contributed by atoms with Gasteiger partial charge in [0, 0.05) is 28.6 Å². The highest BCUT2D eigenvalue weighted by atomic mass is 79.9. The van der Waals surface area contributed by atoms with Crippen LogP contribution in [0.15, 0.2) is 32.0 Å². The van der Waals surface area contributed by atoms with Gasteiger partial charge in [-0.3, -0.25) is 4.79 Å². The van der Waals surface area contributed by atoms with Crippen LogP contribution in [-0.2, 0) is 14.8 Å². The fourth-order valence-corrected chi connectivity index (χ4v) is 5.28. The molecule has 2 N–H and O–H groups in total. The number of benzene rings is 1. The summed E-state index contributed by atoms with van der Waals surface area (Å²) in [6.45, 7) is 0.654. The predicted octanol–water partition coefficient (Wildman–Crippen LogP) is 1.26. The van der Waals surface area contributed by atoms with E-state index in [1.54, 1.807) is 12.1 Å². The van der Waals surface area contributed by atoms with Crippen molar-refractivity contribution in [3.05, 3.63) is 27.1 Å². The topological polar surface area (TPSA) is 86.7 Å². The number of halogens is 2. The second-order valence-corrected chi connectivity index (χ2v) is 7.88. The number of aliphatic carboxylic acids is 1. The average molecular weight is 428 g/mol. The number of nitrogens with one attached hydrogen (secondary N) is 1. The lowest BCUT2D eigenvalue weighted by atomic mass is 10.2. The summed E-state index contributed by atoms with van der Waals surface area (Å²) in [6.07, 6.45) is 0. The number of nitrogens with zero attached hydrogens (tertiary/aromatic N) is 1. The van der Waals surface area contributed by atoms with Gasteiger partial charge in [-0.15, -0.1) is 0 Å². The zero-order chi connectivity index (χ0) is 14.9. The Bertz CT molecular complexity index is 635. The summed E-state index contributed by atoms with van der Waals surface area (Å²) >= 11 is 6.46. The second kappa shape index (κ2) is 6.10. The van der Waals surface area contributed by atoms with Crippen molar-refractivity contribution in [2.75, 3.05) is 19.6 Å². The molecule has 110 valence electrons. The maximum Gasteiger partial charge on any atom is 0.323 e. The number of carbonyl (C=O) groups is 1. The van der Waals surface area contributed by atoms with Crippen molar-refractivity contribution in [1.82, 2.24) is 9.62 Å². The molecule has 1 aliphatic rings. The SMILES string of the molecule is O=C(O)C1CNCCN1S(=O)(=O)c1ccc(Br)cc1Br. The number of piperazine rings is 1. The number of carboxylic acids is 1. The largest absolute Gasteiger partial charge is 0.480 e. The molecule has 0 bridgehead atoms. The van der Waals surface area contributed by atoms with E-state index in [-0.39, 0.29) is 18.0 Å². The molecule has 0 amide bonds. The molecule has 0 spiro atoms. The highest BCUT2D eigenvalue weighted by Crippen LogP contribution is 2.29. The number of rotatable bonds is 3. The third-order valence-electron chi connectivity index (χ3n) is 2.96. The van der Waals surface area contributed by atoms with Crippen LogP contribution in [0.4, 0.5) is 0 Å². The molecule has 1 unspecified atom stereocenters. The third kappa shape index (κ3) is 3.06. The van der Waals surface area contributed by atoms with Gasteiger partial charge in [-0.1, -0.05) is 15.9 Å². The zero-order valence-electron chi connectivity index (χ0n) is 10.2. The van der Waals surface area contributed by atoms with Crippen molar-refractivity contribution in [3.8, 4) is 0 Å². The summed E-state index contributed by atoms with van der Waals surface area (Å²) in [5.74, 6) is -1.16. The molecule has 1 aliphatic heterocycles. The molecule has 0 saturated carbocycles. The van der Waals surface area contributed by atoms with Gasteiger partial charge in [0.1, 0.15) is 6.04 Å². The minimum atomic E-state index is -3.86. The lowest BCUT2D eigenvalue weighted by Gasteiger charge is -2.32. The van der Waals surface area contributed by atoms with Crippen molar-refractivity contribution in [3.63, 3.8) is 0 Å². The van der Waals surface area contributed by atoms with Crippen molar-refractivity contribution in [1.29, 1.82) is 0 Å². The van der Waals surface area contributed by atoms with Gasteiger partial charge in [-0.25, -0.2) is 8.42 Å². The number of hydrogen-bond donors (Lipinski definition) is 2. The van der Waals surface area contributed by atoms with Crippen LogP contribution >= 0.6 is 31.9 Å². The summed E-state index contributed by atoms with van der Waals surface area (Å²) in [5, 5.41) is 12.1. The van der Waals surface area contributed by atoms with Crippen LogP contribution in [0.25, 0.3) is 0 Å². The maximum atomic E-state index is 12.6. The molecular formula is C11H12Br2N2O4S. The molecule has 1 aromatic carbocycles. The minimum Gasteiger partial charge on any atom is -0.480 e. The molecule has 9 heteroatoms. The molecule has 1 saturated heterocycles. The van der Waals surface area contributed by atoms with Crippen LogP contribution in [0.2, 0.25) is 0 Å². The molecule has 0 aromatic heterocycles. The highest BCUT2D eigenvalue weighted by molar-refractivity contribution is 9.11. The van der Waals surface area contributed by atoms with E-state index in [1.165, 1.54) is 6.07 Å². The first-order chi connectivity index (χ1) is 9.34. The molecule has 0 radical (unpaired) electrons. The molecule has 20 heavy (non-hydrogen) atoms. The van der Waals surface area contributed by atoms with Gasteiger partial charge in [-0.05, 0) is 34.1 Å². The first-order valence-corrected chi connectivity index (χ1v) is 8.77. The Morgan fingerprint density at radius 1 is 1.40 bits per heavy atom. The van der Waals surface area contributed by atoms with E-state index in [0.29, 0.717) is 11.0 Å². The lowest BCUT2D eigenvalue weighted by Crippen LogP contribution is -2.56. The summed E-state index contributed by atoms with van der Waals surface area (Å²) in [7, 11) is -3.86. The normalized spacial score (nSPS) is 20.8. The van der Waals surface area contributed by atoms with Gasteiger partial charge >= 0.3 is 5.97 Å². The van der Waals surface area contributed by atoms with Crippen LogP contribution < -0.4 is 5.32 Å². The summed E-state index contributed by atoms with van der Waals surface area (Å²) in [4.78, 5) is 11.3. The molecule has 2 rings (SSSR count). The first kappa shape index (κ1) is 15.9. The Morgan fingerprint density at radius 3 is 2.70 bits per heavy atom. The van der Waals surface area contributed by atoms with Gasteiger partial charge in [0.05, 0.1) is 4.90 Å². The smallest absolute Gasteiger partial charge is 0.323 e. The highest BCUT2D eigenvalue weighted by Gasteiger charge is 2.38. The number of carboxylic acid groups (broad SMARTS) is 1. The van der Waals surface area contributed by atoms with E-state index < -0.39 is 22.0 Å². The quantitative estimate of drug-likeness (QED) is 0.758. The molecular weight excluding hydrogens is 416 g/mol. The molecule has 0 aliphatic carbocycles. The van der Waals surface area contributed by atoms with Gasteiger partial charge < -0.3 is 10.4 Å². The fraction of sp³-hybridized carbons (Fsp3) is 0.364. The molecule has 1 fully saturated rings. The van der Waals surface area contributed by atoms with E-state index in [4.69, 9.17) is 5.11 Å². The van der Waals surface area contributed by atoms with E-state index in [1.807, 2.05) is 0 Å². The van der Waals surface area contributed by atoms with E-state index >= 15 is 0 Å². The van der Waals surface area contributed by atoms with Crippen molar-refractivity contribution >= 4 is 47.9 Å². The minimum absolute atomic E-state index is 0.0638. The Hall–Kier alpha value is -0.480. The fourth-order valence-electron chi connectivity index (χ4n) is 1.99. The zero-order valence-corrected chi connectivity index (χ0v) is 14.2. The average Bonchev–Trinajstić information content (AvgIpc) is 2.38. The standard InChI is InChI=1S/C11H12Br2N2O4S/c12-7-1-2-10(8(13)5-7)20(18,19)15-4-3-14-6-9(15)11(16)17/h1-2,5,9,14H,3-4,6H2,(H,16,17). The monoisotopic (exact) mass is 426 g/mol. The van der Waals surface area contributed by atoms with Crippen LogP contribution in [0, 0.1) is 0 Å². The van der Waals surface area contributed by atoms with Crippen molar-refractivity contribution < 1.29 is 18.3 Å². The Morgan fingerprint density at radius 2 is 2.10 bits per heavy atom. The second-order valence-electron chi connectivity index (χ2n) is 4.25. The van der Waals surface area contributed by atoms with Gasteiger partial charge in [0.25, 0.3) is 0 Å². The van der Waals surface area contributed by atoms with Crippen LogP contribution in [0.1, 0.15) is 0 Å². The number of hydrogen-bond acceptors (Lipinski definition) is 4. The van der Waals surface area contributed by atoms with E-state index in [0.717, 1.165) is 8.78 Å². The van der Waals surface area contributed by atoms with Gasteiger partial charge in [-0.2, -0.15) is 4.31 Å². The lowest BCUT2D eigenvalue weighted by molar-refractivity contribution is -0.141. The van der Waals surface area contributed by atoms with Crippen LogP contribution in [0.5, 0.6) is 0 Å². The van der Waals surface area contributed by atoms with Gasteiger partial charge in [0.15, 0.2) is 0 Å². The number of sulfonamides is 1. The predicted molar refractivity (Wildman–Crippen MR) is 80.0 cm³/mol. The maximum absolute atomic E-state index is 12.6. The third-order valence-corrected chi connectivity index (χ3v) is 6.34. The van der Waals surface area contributed by atoms with E-state index in [9.17, 15) is 13.2 Å². The summed E-state index contributed by atoms with van der Waals surface area (Å²) in [6, 6.07) is 3.58. The van der Waals surface area contributed by atoms with Crippen molar-refractivity contribution in [2.24, 2.45) is 0 Å². The van der Waals surface area contributed by atoms with E-state index in [2.05, 4.69) is 37.2 Å². The Kier molecular flexibility index (Phi) is 4.85.